The Labute approximate surface area is 133 Å². The summed E-state index contributed by atoms with van der Waals surface area (Å²) in [5.41, 5.74) is 7.03. The molecule has 3 rings (SSSR count). The number of hydrogen-bond donors (Lipinski definition) is 2. The zero-order chi connectivity index (χ0) is 16.4. The van der Waals surface area contributed by atoms with Gasteiger partial charge in [0, 0.05) is 20.0 Å². The summed E-state index contributed by atoms with van der Waals surface area (Å²) < 4.78 is 18.3. The van der Waals surface area contributed by atoms with Gasteiger partial charge in [-0.05, 0) is 32.1 Å². The monoisotopic (exact) mass is 339 g/mol. The molecule has 23 heavy (non-hydrogen) atoms. The van der Waals surface area contributed by atoms with E-state index in [0.717, 1.165) is 12.8 Å². The van der Waals surface area contributed by atoms with Crippen molar-refractivity contribution >= 4 is 30.3 Å². The number of nitrogens with two attached hydrogens (primary N) is 1. The Balaban J connectivity index is 1.64. The Bertz CT molecular complexity index is 739. The van der Waals surface area contributed by atoms with Crippen molar-refractivity contribution in [2.75, 3.05) is 30.5 Å². The van der Waals surface area contributed by atoms with Gasteiger partial charge >= 0.3 is 0 Å². The molecule has 0 bridgehead atoms. The second-order valence-corrected chi connectivity index (χ2v) is 8.34. The molecule has 9 nitrogen and oxygen atoms in total. The Kier molecular flexibility index (Phi) is 4.52. The second-order valence-electron chi connectivity index (χ2n) is 5.86. The number of nitrogens with one attached hydrogen (secondary N) is 1. The van der Waals surface area contributed by atoms with Gasteiger partial charge in [0.2, 0.25) is 5.95 Å². The van der Waals surface area contributed by atoms with E-state index in [-0.39, 0.29) is 18.8 Å². The molecule has 0 radical (unpaired) electrons. The van der Waals surface area contributed by atoms with Crippen molar-refractivity contribution in [3.63, 3.8) is 0 Å². The number of nitrogens with zero attached hydrogens (tertiary/aromatic N) is 4. The number of imidazole rings is 1. The van der Waals surface area contributed by atoms with Crippen LogP contribution in [0.5, 0.6) is 0 Å². The average molecular weight is 339 g/mol. The van der Waals surface area contributed by atoms with Crippen molar-refractivity contribution < 1.29 is 14.2 Å². The van der Waals surface area contributed by atoms with Gasteiger partial charge in [-0.1, -0.05) is 0 Å². The first kappa shape index (κ1) is 16.2. The van der Waals surface area contributed by atoms with Gasteiger partial charge in [-0.2, -0.15) is 9.97 Å². The van der Waals surface area contributed by atoms with Crippen LogP contribution in [0, 0.1) is 0 Å². The molecule has 126 valence electrons. The summed E-state index contributed by atoms with van der Waals surface area (Å²) in [4.78, 5) is 23.8. The minimum Gasteiger partial charge on any atom is -0.799 e. The molecule has 0 spiro atoms. The molecule has 10 heteroatoms. The minimum absolute atomic E-state index is 0.141. The zero-order valence-electron chi connectivity index (χ0n) is 12.9. The number of nitrogen functional groups attached to an aromatic ring is 1. The number of aromatic nitrogens is 4. The number of anilines is 2. The summed E-state index contributed by atoms with van der Waals surface area (Å²) >= 11 is 0. The first-order valence-electron chi connectivity index (χ1n) is 7.52. The maximum atomic E-state index is 11.1. The van der Waals surface area contributed by atoms with Gasteiger partial charge in [-0.3, -0.25) is 4.57 Å². The number of ether oxygens (including phenoxy) is 1. The van der Waals surface area contributed by atoms with Gasteiger partial charge < -0.3 is 25.2 Å². The van der Waals surface area contributed by atoms with Gasteiger partial charge in [0.1, 0.15) is 6.73 Å². The lowest BCUT2D eigenvalue weighted by molar-refractivity contribution is -0.173. The summed E-state index contributed by atoms with van der Waals surface area (Å²) in [6.07, 6.45) is 4.47. The molecule has 1 aliphatic rings. The number of hydrogen-bond acceptors (Lipinski definition) is 8. The lowest BCUT2D eigenvalue weighted by Gasteiger charge is -2.16. The van der Waals surface area contributed by atoms with Crippen LogP contribution < -0.4 is 15.9 Å². The summed E-state index contributed by atoms with van der Waals surface area (Å²) in [6, 6.07) is 0.436. The molecule has 2 aromatic heterocycles. The van der Waals surface area contributed by atoms with Crippen LogP contribution in [0.25, 0.3) is 11.2 Å². The smallest absolute Gasteiger partial charge is 0.224 e. The quantitative estimate of drug-likeness (QED) is 0.528. The summed E-state index contributed by atoms with van der Waals surface area (Å²) in [5, 5.41) is 3.29. The largest absolute Gasteiger partial charge is 0.799 e. The third kappa shape index (κ3) is 4.40. The zero-order valence-corrected chi connectivity index (χ0v) is 13.8. The second kappa shape index (κ2) is 6.43. The first-order chi connectivity index (χ1) is 10.9. The molecule has 1 atom stereocenters. The Hall–Kier alpha value is -1.70. The Morgan fingerprint density at radius 1 is 1.52 bits per heavy atom. The maximum absolute atomic E-state index is 11.1. The molecule has 0 saturated heterocycles. The Morgan fingerprint density at radius 3 is 3.00 bits per heavy atom. The van der Waals surface area contributed by atoms with Gasteiger partial charge in [-0.25, -0.2) is 4.98 Å². The molecule has 3 N–H and O–H groups in total. The van der Waals surface area contributed by atoms with Crippen molar-refractivity contribution in [2.24, 2.45) is 0 Å². The van der Waals surface area contributed by atoms with E-state index in [1.165, 1.54) is 6.66 Å². The van der Waals surface area contributed by atoms with Crippen molar-refractivity contribution in [1.29, 1.82) is 0 Å². The average Bonchev–Trinajstić information content (AvgIpc) is 3.17. The van der Waals surface area contributed by atoms with Crippen molar-refractivity contribution in [3.05, 3.63) is 6.33 Å². The summed E-state index contributed by atoms with van der Waals surface area (Å²) in [5.74, 6) is 0.827. The molecule has 0 amide bonds. The number of fused-ring (bicyclic) bond motifs is 1. The van der Waals surface area contributed by atoms with Crippen molar-refractivity contribution in [3.8, 4) is 0 Å². The summed E-state index contributed by atoms with van der Waals surface area (Å²) in [7, 11) is -3.22. The van der Waals surface area contributed by atoms with Crippen LogP contribution in [-0.2, 0) is 16.0 Å². The van der Waals surface area contributed by atoms with Gasteiger partial charge in [0.05, 0.1) is 6.33 Å². The highest BCUT2D eigenvalue weighted by atomic mass is 31.2. The van der Waals surface area contributed by atoms with E-state index in [1.54, 1.807) is 10.9 Å². The van der Waals surface area contributed by atoms with Crippen LogP contribution in [-0.4, -0.2) is 45.0 Å². The van der Waals surface area contributed by atoms with E-state index in [4.69, 9.17) is 10.5 Å². The highest BCUT2D eigenvalue weighted by Crippen LogP contribution is 2.30. The standard InChI is InChI=1S/C13H21N6O3P/c1-23(20,21)6-2-5-22-8-19-7-15-10-11(16-9-3-4-9)17-13(14)18-12(10)19/h7,9H,2-6,8H2,1H3,(H,20,21)(H3,14,16,17,18)/p-1. The van der Waals surface area contributed by atoms with E-state index in [0.29, 0.717) is 36.1 Å². The molecule has 1 unspecified atom stereocenters. The molecular formula is C13H20N6O3P-. The lowest BCUT2D eigenvalue weighted by Crippen LogP contribution is -2.09. The van der Waals surface area contributed by atoms with E-state index < -0.39 is 7.37 Å². The van der Waals surface area contributed by atoms with Crippen LogP contribution in [0.15, 0.2) is 6.33 Å². The normalized spacial score (nSPS) is 17.3. The molecule has 1 aliphatic carbocycles. The van der Waals surface area contributed by atoms with E-state index in [1.807, 2.05) is 0 Å². The van der Waals surface area contributed by atoms with Gasteiger partial charge in [0.15, 0.2) is 17.0 Å². The van der Waals surface area contributed by atoms with Crippen molar-refractivity contribution in [2.45, 2.75) is 32.0 Å². The minimum atomic E-state index is -3.22. The number of rotatable bonds is 8. The maximum Gasteiger partial charge on any atom is 0.224 e. The fourth-order valence-corrected chi connectivity index (χ4v) is 2.90. The fourth-order valence-electron chi connectivity index (χ4n) is 2.19. The van der Waals surface area contributed by atoms with Gasteiger partial charge in [0.25, 0.3) is 0 Å². The van der Waals surface area contributed by atoms with Crippen LogP contribution in [0.1, 0.15) is 19.3 Å². The third-order valence-corrected chi connectivity index (χ3v) is 4.61. The topological polar surface area (TPSA) is 131 Å². The van der Waals surface area contributed by atoms with Crippen LogP contribution in [0.3, 0.4) is 0 Å². The Morgan fingerprint density at radius 2 is 2.30 bits per heavy atom. The fraction of sp³-hybridized carbons (Fsp3) is 0.615. The van der Waals surface area contributed by atoms with Crippen molar-refractivity contribution in [1.82, 2.24) is 19.5 Å². The van der Waals surface area contributed by atoms with Gasteiger partial charge in [-0.15, -0.1) is 0 Å². The molecule has 2 heterocycles. The third-order valence-electron chi connectivity index (χ3n) is 3.48. The first-order valence-corrected chi connectivity index (χ1v) is 9.78. The highest BCUT2D eigenvalue weighted by Gasteiger charge is 2.23. The highest BCUT2D eigenvalue weighted by molar-refractivity contribution is 7.55. The van der Waals surface area contributed by atoms with E-state index in [9.17, 15) is 9.46 Å². The molecule has 2 aromatic rings. The predicted octanol–water partition coefficient (Wildman–Crippen LogP) is 0.615. The van der Waals surface area contributed by atoms with Crippen LogP contribution in [0.2, 0.25) is 0 Å². The molecule has 0 aliphatic heterocycles. The molecular weight excluding hydrogens is 319 g/mol. The lowest BCUT2D eigenvalue weighted by atomic mass is 10.4. The molecule has 0 aromatic carbocycles. The predicted molar refractivity (Wildman–Crippen MR) is 85.3 cm³/mol. The SMILES string of the molecule is CP(=O)([O-])CCCOCn1cnc2c(NC3CC3)nc(N)nc21. The van der Waals surface area contributed by atoms with Crippen LogP contribution in [0.4, 0.5) is 11.8 Å². The molecule has 1 fully saturated rings. The summed E-state index contributed by atoms with van der Waals surface area (Å²) in [6.45, 7) is 1.83. The van der Waals surface area contributed by atoms with Crippen LogP contribution >= 0.6 is 7.37 Å². The van der Waals surface area contributed by atoms with E-state index in [2.05, 4.69) is 20.3 Å². The van der Waals surface area contributed by atoms with E-state index >= 15 is 0 Å². The molecule has 1 saturated carbocycles.